The first-order valence-electron chi connectivity index (χ1n) is 10.6. The maximum atomic E-state index is 12.8. The van der Waals surface area contributed by atoms with Crippen molar-refractivity contribution >= 4 is 11.6 Å². The molecule has 4 nitrogen and oxygen atoms in total. The fourth-order valence-corrected chi connectivity index (χ4v) is 6.29. The van der Waals surface area contributed by atoms with Gasteiger partial charge in [-0.05, 0) is 99.6 Å². The third-order valence-corrected chi connectivity index (χ3v) is 7.03. The van der Waals surface area contributed by atoms with Gasteiger partial charge in [-0.1, -0.05) is 0 Å². The smallest absolute Gasteiger partial charge is 0.255 e. The van der Waals surface area contributed by atoms with E-state index in [1.54, 1.807) is 0 Å². The highest BCUT2D eigenvalue weighted by Crippen LogP contribution is 2.60. The summed E-state index contributed by atoms with van der Waals surface area (Å²) >= 11 is 0. The molecule has 0 unspecified atom stereocenters. The minimum absolute atomic E-state index is 0.0717. The minimum Gasteiger partial charge on any atom is -0.494 e. The van der Waals surface area contributed by atoms with Crippen LogP contribution in [0.15, 0.2) is 42.6 Å². The average molecular weight is 377 g/mol. The van der Waals surface area contributed by atoms with Gasteiger partial charge in [0.05, 0.1) is 6.61 Å². The lowest BCUT2D eigenvalue weighted by Gasteiger charge is -2.56. The van der Waals surface area contributed by atoms with E-state index in [2.05, 4.69) is 11.4 Å². The Morgan fingerprint density at radius 3 is 2.32 bits per heavy atom. The normalized spacial score (nSPS) is 30.2. The Labute approximate surface area is 166 Å². The number of hydrogen-bond donors (Lipinski definition) is 1. The van der Waals surface area contributed by atoms with Crippen molar-refractivity contribution in [1.29, 1.82) is 0 Å². The standard InChI is InChI=1S/C24H28N2O2/c1-2-28-21-5-3-20(4-6-21)26-23(27)19-7-8-25-22(12-19)24-13-16-9-17(14-24)11-18(10-16)15-24/h3-8,12,16-18H,2,9-11,13-15H2,1H3,(H,26,27). The van der Waals surface area contributed by atoms with Crippen LogP contribution in [0.3, 0.4) is 0 Å². The van der Waals surface area contributed by atoms with Gasteiger partial charge < -0.3 is 10.1 Å². The Morgan fingerprint density at radius 2 is 1.71 bits per heavy atom. The number of hydrogen-bond acceptors (Lipinski definition) is 3. The van der Waals surface area contributed by atoms with Gasteiger partial charge in [-0.25, -0.2) is 0 Å². The zero-order valence-corrected chi connectivity index (χ0v) is 16.5. The van der Waals surface area contributed by atoms with E-state index in [1.807, 2.05) is 43.5 Å². The number of benzene rings is 1. The van der Waals surface area contributed by atoms with Gasteiger partial charge in [-0.2, -0.15) is 0 Å². The van der Waals surface area contributed by atoms with Crippen LogP contribution in [0.25, 0.3) is 0 Å². The number of pyridine rings is 1. The van der Waals surface area contributed by atoms with Crippen molar-refractivity contribution in [3.05, 3.63) is 53.9 Å². The maximum absolute atomic E-state index is 12.8. The number of nitrogens with zero attached hydrogens (tertiary/aromatic N) is 1. The van der Waals surface area contributed by atoms with Gasteiger partial charge in [0.1, 0.15) is 5.75 Å². The van der Waals surface area contributed by atoms with Crippen molar-refractivity contribution in [3.8, 4) is 5.75 Å². The Kier molecular flexibility index (Phi) is 4.37. The molecule has 0 atom stereocenters. The molecule has 0 saturated heterocycles. The zero-order valence-electron chi connectivity index (χ0n) is 16.5. The van der Waals surface area contributed by atoms with Crippen LogP contribution < -0.4 is 10.1 Å². The van der Waals surface area contributed by atoms with Gasteiger partial charge in [-0.3, -0.25) is 9.78 Å². The quantitative estimate of drug-likeness (QED) is 0.780. The maximum Gasteiger partial charge on any atom is 0.255 e. The molecule has 1 aromatic carbocycles. The number of anilines is 1. The topological polar surface area (TPSA) is 51.2 Å². The highest BCUT2D eigenvalue weighted by Gasteiger charge is 2.52. The number of rotatable bonds is 5. The largest absolute Gasteiger partial charge is 0.494 e. The fraction of sp³-hybridized carbons (Fsp3) is 0.500. The Morgan fingerprint density at radius 1 is 1.07 bits per heavy atom. The Balaban J connectivity index is 1.35. The molecular formula is C24H28N2O2. The molecule has 0 spiro atoms. The molecule has 4 heteroatoms. The summed E-state index contributed by atoms with van der Waals surface area (Å²) < 4.78 is 5.46. The summed E-state index contributed by atoms with van der Waals surface area (Å²) in [6, 6.07) is 11.4. The highest BCUT2D eigenvalue weighted by atomic mass is 16.5. The van der Waals surface area contributed by atoms with Crippen LogP contribution in [0.4, 0.5) is 5.69 Å². The molecule has 1 heterocycles. The molecule has 1 N–H and O–H groups in total. The second-order valence-electron chi connectivity index (χ2n) is 9.04. The predicted octanol–water partition coefficient (Wildman–Crippen LogP) is 5.20. The van der Waals surface area contributed by atoms with Gasteiger partial charge in [0.2, 0.25) is 0 Å². The van der Waals surface area contributed by atoms with Crippen LogP contribution in [0.5, 0.6) is 5.75 Å². The number of nitrogens with one attached hydrogen (secondary N) is 1. The van der Waals surface area contributed by atoms with Crippen molar-refractivity contribution in [2.75, 3.05) is 11.9 Å². The molecule has 4 bridgehead atoms. The lowest BCUT2D eigenvalue weighted by Crippen LogP contribution is -2.49. The fourth-order valence-electron chi connectivity index (χ4n) is 6.29. The van der Waals surface area contributed by atoms with Crippen molar-refractivity contribution in [2.24, 2.45) is 17.8 Å². The molecule has 6 rings (SSSR count). The van der Waals surface area contributed by atoms with Gasteiger partial charge in [0.25, 0.3) is 5.91 Å². The number of amides is 1. The first-order chi connectivity index (χ1) is 13.6. The van der Waals surface area contributed by atoms with Crippen LogP contribution in [0, 0.1) is 17.8 Å². The summed E-state index contributed by atoms with van der Waals surface area (Å²) in [5.41, 5.74) is 2.84. The van der Waals surface area contributed by atoms with E-state index in [9.17, 15) is 4.79 Å². The van der Waals surface area contributed by atoms with E-state index in [-0.39, 0.29) is 11.3 Å². The number of carbonyl (C=O) groups excluding carboxylic acids is 1. The van der Waals surface area contributed by atoms with E-state index in [4.69, 9.17) is 9.72 Å². The van der Waals surface area contributed by atoms with Crippen LogP contribution >= 0.6 is 0 Å². The summed E-state index contributed by atoms with van der Waals surface area (Å²) in [5.74, 6) is 3.35. The van der Waals surface area contributed by atoms with Gasteiger partial charge in [0, 0.05) is 28.6 Å². The van der Waals surface area contributed by atoms with Crippen LogP contribution in [0.2, 0.25) is 0 Å². The monoisotopic (exact) mass is 376 g/mol. The molecule has 28 heavy (non-hydrogen) atoms. The molecule has 4 fully saturated rings. The van der Waals surface area contributed by atoms with Gasteiger partial charge in [0.15, 0.2) is 0 Å². The van der Waals surface area contributed by atoms with Crippen molar-refractivity contribution in [2.45, 2.75) is 50.9 Å². The molecule has 4 saturated carbocycles. The highest BCUT2D eigenvalue weighted by molar-refractivity contribution is 6.04. The first kappa shape index (κ1) is 17.7. The second-order valence-corrected chi connectivity index (χ2v) is 9.04. The predicted molar refractivity (Wildman–Crippen MR) is 110 cm³/mol. The number of aromatic nitrogens is 1. The summed E-state index contributed by atoms with van der Waals surface area (Å²) in [6.45, 7) is 2.59. The average Bonchev–Trinajstić information content (AvgIpc) is 2.69. The Hall–Kier alpha value is -2.36. The number of carbonyl (C=O) groups is 1. The Bertz CT molecular complexity index is 839. The summed E-state index contributed by atoms with van der Waals surface area (Å²) in [5, 5.41) is 3.01. The summed E-state index contributed by atoms with van der Waals surface area (Å²) in [4.78, 5) is 17.6. The van der Waals surface area contributed by atoms with Crippen molar-refractivity contribution < 1.29 is 9.53 Å². The second kappa shape index (κ2) is 6.91. The van der Waals surface area contributed by atoms with E-state index < -0.39 is 0 Å². The third-order valence-electron chi connectivity index (χ3n) is 7.03. The third kappa shape index (κ3) is 3.19. The molecule has 4 aliphatic carbocycles. The summed E-state index contributed by atoms with van der Waals surface area (Å²) in [6.07, 6.45) is 9.84. The lowest BCUT2D eigenvalue weighted by atomic mass is 9.48. The molecule has 1 aromatic heterocycles. The van der Waals surface area contributed by atoms with Gasteiger partial charge >= 0.3 is 0 Å². The van der Waals surface area contributed by atoms with E-state index in [1.165, 1.54) is 38.5 Å². The van der Waals surface area contributed by atoms with Crippen LogP contribution in [-0.2, 0) is 5.41 Å². The van der Waals surface area contributed by atoms with E-state index in [0.717, 1.165) is 34.9 Å². The molecule has 1 amide bonds. The van der Waals surface area contributed by atoms with Gasteiger partial charge in [-0.15, -0.1) is 0 Å². The lowest BCUT2D eigenvalue weighted by molar-refractivity contribution is -0.00721. The van der Waals surface area contributed by atoms with Crippen molar-refractivity contribution in [1.82, 2.24) is 4.98 Å². The number of ether oxygens (including phenoxy) is 1. The molecule has 146 valence electrons. The molecular weight excluding hydrogens is 348 g/mol. The summed E-state index contributed by atoms with van der Waals surface area (Å²) in [7, 11) is 0. The molecule has 2 aromatic rings. The minimum atomic E-state index is -0.0717. The zero-order chi connectivity index (χ0) is 19.1. The molecule has 0 radical (unpaired) electrons. The SMILES string of the molecule is CCOc1ccc(NC(=O)c2ccnc(C34CC5CC(CC(C5)C3)C4)c2)cc1. The van der Waals surface area contributed by atoms with Crippen molar-refractivity contribution in [3.63, 3.8) is 0 Å². The molecule has 0 aliphatic heterocycles. The van der Waals surface area contributed by atoms with Crippen LogP contribution in [0.1, 0.15) is 61.5 Å². The van der Waals surface area contributed by atoms with E-state index in [0.29, 0.717) is 12.2 Å². The molecule has 4 aliphatic rings. The van der Waals surface area contributed by atoms with E-state index >= 15 is 0 Å². The van der Waals surface area contributed by atoms with Crippen LogP contribution in [-0.4, -0.2) is 17.5 Å². The first-order valence-corrected chi connectivity index (χ1v) is 10.6.